The molecule has 1 aromatic rings. The molecule has 0 saturated heterocycles. The van der Waals surface area contributed by atoms with Crippen molar-refractivity contribution in [1.82, 2.24) is 0 Å². The lowest BCUT2D eigenvalue weighted by Crippen LogP contribution is -1.96. The Kier molecular flexibility index (Phi) is 3.54. The van der Waals surface area contributed by atoms with Gasteiger partial charge in [0.2, 0.25) is 0 Å². The van der Waals surface area contributed by atoms with Gasteiger partial charge in [-0.15, -0.1) is 11.6 Å². The van der Waals surface area contributed by atoms with Crippen LogP contribution in [-0.4, -0.2) is 22.1 Å². The fraction of sp³-hybridized carbons (Fsp3) is 0.100. The van der Waals surface area contributed by atoms with Crippen LogP contribution >= 0.6 is 11.6 Å². The maximum atomic E-state index is 10.5. The third kappa shape index (κ3) is 2.50. The van der Waals surface area contributed by atoms with Crippen molar-refractivity contribution in [3.8, 4) is 5.75 Å². The highest BCUT2D eigenvalue weighted by molar-refractivity contribution is 6.19. The first-order valence-electron chi connectivity index (χ1n) is 3.94. The van der Waals surface area contributed by atoms with Crippen LogP contribution in [0.25, 0.3) is 6.08 Å². The van der Waals surface area contributed by atoms with E-state index in [9.17, 15) is 9.90 Å². The van der Waals surface area contributed by atoms with Gasteiger partial charge in [0.25, 0.3) is 0 Å². The van der Waals surface area contributed by atoms with Crippen LogP contribution in [0.4, 0.5) is 0 Å². The highest BCUT2D eigenvalue weighted by Crippen LogP contribution is 2.19. The Morgan fingerprint density at radius 3 is 2.71 bits per heavy atom. The second kappa shape index (κ2) is 4.67. The highest BCUT2D eigenvalue weighted by Gasteiger charge is 2.08. The number of aromatic hydroxyl groups is 1. The van der Waals surface area contributed by atoms with Crippen molar-refractivity contribution in [2.75, 3.05) is 5.88 Å². The molecule has 4 heteroatoms. The summed E-state index contributed by atoms with van der Waals surface area (Å²) in [5.74, 6) is -1.01. The van der Waals surface area contributed by atoms with Gasteiger partial charge in [-0.05, 0) is 17.7 Å². The lowest BCUT2D eigenvalue weighted by atomic mass is 10.1. The Balaban J connectivity index is 3.00. The summed E-state index contributed by atoms with van der Waals surface area (Å²) in [6.45, 7) is 0. The molecule has 0 bridgehead atoms. The second-order valence-corrected chi connectivity index (χ2v) is 2.95. The molecule has 1 aromatic carbocycles. The zero-order valence-electron chi connectivity index (χ0n) is 7.27. The van der Waals surface area contributed by atoms with Gasteiger partial charge < -0.3 is 10.2 Å². The number of carboxylic acids is 1. The van der Waals surface area contributed by atoms with Crippen LogP contribution in [-0.2, 0) is 0 Å². The first-order valence-corrected chi connectivity index (χ1v) is 4.47. The molecule has 0 spiro atoms. The molecule has 0 aliphatic rings. The Morgan fingerprint density at radius 2 is 2.21 bits per heavy atom. The van der Waals surface area contributed by atoms with Gasteiger partial charge in [0, 0.05) is 5.88 Å². The number of alkyl halides is 1. The van der Waals surface area contributed by atoms with Crippen molar-refractivity contribution in [3.05, 3.63) is 35.4 Å². The third-order valence-electron chi connectivity index (χ3n) is 1.65. The summed E-state index contributed by atoms with van der Waals surface area (Å²) >= 11 is 5.43. The number of aromatic carboxylic acids is 1. The monoisotopic (exact) mass is 212 g/mol. The van der Waals surface area contributed by atoms with E-state index in [2.05, 4.69) is 0 Å². The van der Waals surface area contributed by atoms with Crippen LogP contribution in [0.3, 0.4) is 0 Å². The van der Waals surface area contributed by atoms with Crippen LogP contribution in [0.5, 0.6) is 5.75 Å². The van der Waals surface area contributed by atoms with E-state index in [1.807, 2.05) is 0 Å². The van der Waals surface area contributed by atoms with Gasteiger partial charge in [-0.2, -0.15) is 0 Å². The number of benzene rings is 1. The second-order valence-electron chi connectivity index (χ2n) is 2.64. The third-order valence-corrected chi connectivity index (χ3v) is 1.83. The molecule has 0 heterocycles. The number of carboxylic acid groups (broad SMARTS) is 1. The first-order chi connectivity index (χ1) is 6.65. The molecule has 3 nitrogen and oxygen atoms in total. The lowest BCUT2D eigenvalue weighted by molar-refractivity contribution is 0.0694. The number of phenols is 1. The minimum Gasteiger partial charge on any atom is -0.507 e. The minimum absolute atomic E-state index is 0.104. The maximum absolute atomic E-state index is 10.5. The molecule has 0 amide bonds. The first kappa shape index (κ1) is 10.6. The van der Waals surface area contributed by atoms with Crippen molar-refractivity contribution in [1.29, 1.82) is 0 Å². The molecule has 0 aliphatic heterocycles. The van der Waals surface area contributed by atoms with Crippen LogP contribution in [0, 0.1) is 0 Å². The van der Waals surface area contributed by atoms with E-state index in [1.54, 1.807) is 18.2 Å². The number of carbonyl (C=O) groups is 1. The van der Waals surface area contributed by atoms with Gasteiger partial charge in [-0.3, -0.25) is 0 Å². The molecule has 0 fully saturated rings. The molecule has 0 saturated carbocycles. The van der Waals surface area contributed by atoms with Crippen molar-refractivity contribution in [3.63, 3.8) is 0 Å². The molecular formula is C10H9ClO3. The molecule has 14 heavy (non-hydrogen) atoms. The molecule has 0 aliphatic carbocycles. The molecule has 0 aromatic heterocycles. The van der Waals surface area contributed by atoms with E-state index in [4.69, 9.17) is 16.7 Å². The van der Waals surface area contributed by atoms with Crippen LogP contribution < -0.4 is 0 Å². The normalized spacial score (nSPS) is 10.6. The van der Waals surface area contributed by atoms with Crippen LogP contribution in [0.2, 0.25) is 0 Å². The van der Waals surface area contributed by atoms with E-state index in [0.29, 0.717) is 11.4 Å². The zero-order valence-corrected chi connectivity index (χ0v) is 8.03. The van der Waals surface area contributed by atoms with Gasteiger partial charge in [-0.25, -0.2) is 4.79 Å². The molecular weight excluding hydrogens is 204 g/mol. The summed E-state index contributed by atoms with van der Waals surface area (Å²) in [7, 11) is 0. The van der Waals surface area contributed by atoms with Gasteiger partial charge in [0.1, 0.15) is 11.3 Å². The quantitative estimate of drug-likeness (QED) is 0.757. The van der Waals surface area contributed by atoms with Crippen molar-refractivity contribution < 1.29 is 15.0 Å². The van der Waals surface area contributed by atoms with Crippen LogP contribution in [0.15, 0.2) is 24.3 Å². The molecule has 0 radical (unpaired) electrons. The predicted molar refractivity (Wildman–Crippen MR) is 54.8 cm³/mol. The topological polar surface area (TPSA) is 57.5 Å². The molecule has 0 atom stereocenters. The summed E-state index contributed by atoms with van der Waals surface area (Å²) in [5, 5.41) is 17.9. The Hall–Kier alpha value is -1.48. The van der Waals surface area contributed by atoms with Gasteiger partial charge >= 0.3 is 5.97 Å². The SMILES string of the molecule is O=C(O)c1ccc(C=CCCl)cc1O. The van der Waals surface area contributed by atoms with E-state index in [0.717, 1.165) is 0 Å². The van der Waals surface area contributed by atoms with Crippen molar-refractivity contribution >= 4 is 23.6 Å². The number of rotatable bonds is 3. The molecule has 2 N–H and O–H groups in total. The molecule has 0 unspecified atom stereocenters. The number of halogens is 1. The smallest absolute Gasteiger partial charge is 0.339 e. The summed E-state index contributed by atoms with van der Waals surface area (Å²) in [5.41, 5.74) is 0.612. The molecule has 1 rings (SSSR count). The minimum atomic E-state index is -1.14. The maximum Gasteiger partial charge on any atom is 0.339 e. The lowest BCUT2D eigenvalue weighted by Gasteiger charge is -2.00. The number of hydrogen-bond acceptors (Lipinski definition) is 2. The summed E-state index contributed by atoms with van der Waals surface area (Å²) in [6, 6.07) is 4.34. The van der Waals surface area contributed by atoms with Crippen molar-refractivity contribution in [2.45, 2.75) is 0 Å². The standard InChI is InChI=1S/C10H9ClO3/c11-5-1-2-7-3-4-8(10(13)14)9(12)6-7/h1-4,6,12H,5H2,(H,13,14). The van der Waals surface area contributed by atoms with E-state index in [1.165, 1.54) is 12.1 Å². The fourth-order valence-corrected chi connectivity index (χ4v) is 1.10. The number of hydrogen-bond donors (Lipinski definition) is 2. The van der Waals surface area contributed by atoms with Gasteiger partial charge in [-0.1, -0.05) is 18.2 Å². The summed E-state index contributed by atoms with van der Waals surface area (Å²) in [6.07, 6.45) is 3.41. The average molecular weight is 213 g/mol. The van der Waals surface area contributed by atoms with Gasteiger partial charge in [0.05, 0.1) is 0 Å². The largest absolute Gasteiger partial charge is 0.507 e. The van der Waals surface area contributed by atoms with Gasteiger partial charge in [0.15, 0.2) is 0 Å². The Bertz CT molecular complexity index is 372. The Labute approximate surface area is 86.3 Å². The van der Waals surface area contributed by atoms with E-state index < -0.39 is 5.97 Å². The van der Waals surface area contributed by atoms with Crippen LogP contribution in [0.1, 0.15) is 15.9 Å². The predicted octanol–water partition coefficient (Wildman–Crippen LogP) is 2.34. The Morgan fingerprint density at radius 1 is 1.50 bits per heavy atom. The van der Waals surface area contributed by atoms with E-state index in [-0.39, 0.29) is 11.3 Å². The fourth-order valence-electron chi connectivity index (χ4n) is 1.01. The zero-order chi connectivity index (χ0) is 10.6. The van der Waals surface area contributed by atoms with E-state index >= 15 is 0 Å². The molecule has 74 valence electrons. The number of allylic oxidation sites excluding steroid dienone is 1. The summed E-state index contributed by atoms with van der Waals surface area (Å²) < 4.78 is 0. The highest BCUT2D eigenvalue weighted by atomic mass is 35.5. The van der Waals surface area contributed by atoms with Crippen molar-refractivity contribution in [2.24, 2.45) is 0 Å². The average Bonchev–Trinajstić information content (AvgIpc) is 2.14. The summed E-state index contributed by atoms with van der Waals surface area (Å²) in [4.78, 5) is 10.5.